The maximum Gasteiger partial charge on any atom is 0.399 e. The summed E-state index contributed by atoms with van der Waals surface area (Å²) < 4.78 is 94.1. The predicted octanol–water partition coefficient (Wildman–Crippen LogP) is 7.61. The number of halogens is 5. The van der Waals surface area contributed by atoms with Gasteiger partial charge in [-0.05, 0) is 72.2 Å². The smallest absolute Gasteiger partial charge is 0.320 e. The van der Waals surface area contributed by atoms with Gasteiger partial charge in [-0.2, -0.15) is 17.6 Å². The fraction of sp³-hybridized carbons (Fsp3) is 0.194. The second kappa shape index (κ2) is 13.2. The van der Waals surface area contributed by atoms with E-state index in [-0.39, 0.29) is 18.4 Å². The number of Topliss-reactive ketones (excluding diaryl/α,β-unsaturated/α-hetero) is 1. The normalized spacial score (nSPS) is 13.1. The lowest BCUT2D eigenvalue weighted by Gasteiger charge is -2.34. The van der Waals surface area contributed by atoms with Crippen LogP contribution < -0.4 is 0 Å². The van der Waals surface area contributed by atoms with Gasteiger partial charge >= 0.3 is 26.5 Å². The van der Waals surface area contributed by atoms with E-state index in [2.05, 4.69) is 0 Å². The van der Waals surface area contributed by atoms with Crippen LogP contribution in [0.15, 0.2) is 102 Å². The summed E-state index contributed by atoms with van der Waals surface area (Å²) in [6, 6.07) is 19.5. The Bertz CT molecular complexity index is 1710. The van der Waals surface area contributed by atoms with E-state index in [4.69, 9.17) is 19.6 Å². The van der Waals surface area contributed by atoms with Gasteiger partial charge < -0.3 is 19.6 Å². The standard InChI is InChI=1S/C31H27F5O7P2S/c1-46-27-16-12-23(13-17-27)29(28(37)22-6-14-26(32)15-7-22,18-20-2-8-24(9-3-20)30(33,34)44(38,39)40)19-21-4-10-25(11-5-21)31(35,36)45(41,42)43/h2-17H,18-19H2,1H3,(H2,38,39,40)(H2,41,42,43). The SMILES string of the molecule is CSc1ccc(C(Cc2ccc(C(F)(F)P(=O)(O)O)cc2)(Cc2ccc(C(F)(F)P(=O)(O)O)cc2)C(=O)c2ccc(F)cc2)cc1. The molecule has 15 heteroatoms. The molecule has 0 heterocycles. The first-order chi connectivity index (χ1) is 21.3. The first-order valence-electron chi connectivity index (χ1n) is 13.3. The topological polar surface area (TPSA) is 132 Å². The second-order valence-electron chi connectivity index (χ2n) is 10.6. The summed E-state index contributed by atoms with van der Waals surface area (Å²) >= 11 is 1.42. The Morgan fingerprint density at radius 2 is 1.00 bits per heavy atom. The monoisotopic (exact) mass is 700 g/mol. The molecule has 0 bridgehead atoms. The van der Waals surface area contributed by atoms with Gasteiger partial charge in [0.2, 0.25) is 0 Å². The van der Waals surface area contributed by atoms with E-state index in [1.165, 1.54) is 48.2 Å². The van der Waals surface area contributed by atoms with E-state index in [9.17, 15) is 35.9 Å². The molecule has 4 N–H and O–H groups in total. The summed E-state index contributed by atoms with van der Waals surface area (Å²) in [7, 11) is -11.7. The molecule has 4 aromatic rings. The Hall–Kier alpha value is -3.15. The first-order valence-corrected chi connectivity index (χ1v) is 17.8. The molecule has 0 aliphatic carbocycles. The van der Waals surface area contributed by atoms with Crippen LogP contribution in [0.3, 0.4) is 0 Å². The zero-order valence-electron chi connectivity index (χ0n) is 23.9. The number of thioether (sulfide) groups is 1. The highest BCUT2D eigenvalue weighted by molar-refractivity contribution is 7.98. The maximum atomic E-state index is 14.5. The number of carbonyl (C=O) groups excluding carboxylic acids is 1. The molecule has 4 aromatic carbocycles. The zero-order chi connectivity index (χ0) is 34.1. The Morgan fingerprint density at radius 3 is 1.35 bits per heavy atom. The van der Waals surface area contributed by atoms with Gasteiger partial charge in [0.15, 0.2) is 5.78 Å². The fourth-order valence-corrected chi connectivity index (χ4v) is 6.40. The highest BCUT2D eigenvalue weighted by Gasteiger charge is 2.51. The summed E-state index contributed by atoms with van der Waals surface area (Å²) in [4.78, 5) is 51.9. The molecule has 0 spiro atoms. The molecule has 0 fully saturated rings. The van der Waals surface area contributed by atoms with E-state index < -0.39 is 54.7 Å². The average Bonchev–Trinajstić information content (AvgIpc) is 3.00. The molecule has 4 rings (SSSR count). The lowest BCUT2D eigenvalue weighted by atomic mass is 9.67. The van der Waals surface area contributed by atoms with Crippen molar-refractivity contribution in [1.82, 2.24) is 0 Å². The third-order valence-corrected chi connectivity index (χ3v) is 10.3. The number of hydrogen-bond acceptors (Lipinski definition) is 4. The molecule has 0 radical (unpaired) electrons. The molecule has 244 valence electrons. The molecular formula is C31H27F5O7P2S. The second-order valence-corrected chi connectivity index (χ2v) is 14.7. The number of benzene rings is 4. The van der Waals surface area contributed by atoms with Crippen LogP contribution in [0.4, 0.5) is 22.0 Å². The van der Waals surface area contributed by atoms with Crippen molar-refractivity contribution in [2.75, 3.05) is 6.26 Å². The minimum Gasteiger partial charge on any atom is -0.320 e. The molecule has 0 saturated carbocycles. The quantitative estimate of drug-likeness (QED) is 0.0514. The van der Waals surface area contributed by atoms with Crippen molar-refractivity contribution in [3.8, 4) is 0 Å². The van der Waals surface area contributed by atoms with Crippen molar-refractivity contribution in [3.63, 3.8) is 0 Å². The van der Waals surface area contributed by atoms with Crippen molar-refractivity contribution in [2.24, 2.45) is 0 Å². The summed E-state index contributed by atoms with van der Waals surface area (Å²) in [5.41, 5.74) is -11.4. The number of alkyl halides is 4. The predicted molar refractivity (Wildman–Crippen MR) is 163 cm³/mol. The van der Waals surface area contributed by atoms with Gasteiger partial charge in [0.1, 0.15) is 5.82 Å². The average molecular weight is 701 g/mol. The highest BCUT2D eigenvalue weighted by Crippen LogP contribution is 2.60. The van der Waals surface area contributed by atoms with Crippen molar-refractivity contribution >= 4 is 32.7 Å². The van der Waals surface area contributed by atoms with E-state index in [0.717, 1.165) is 41.3 Å². The number of carbonyl (C=O) groups is 1. The third-order valence-electron chi connectivity index (χ3n) is 7.53. The molecular weight excluding hydrogens is 673 g/mol. The van der Waals surface area contributed by atoms with E-state index in [1.54, 1.807) is 24.3 Å². The molecule has 0 atom stereocenters. The van der Waals surface area contributed by atoms with Gasteiger partial charge in [-0.1, -0.05) is 60.7 Å². The van der Waals surface area contributed by atoms with Crippen molar-refractivity contribution in [2.45, 2.75) is 34.5 Å². The van der Waals surface area contributed by atoms with Crippen LogP contribution in [-0.2, 0) is 38.7 Å². The van der Waals surface area contributed by atoms with Crippen molar-refractivity contribution in [1.29, 1.82) is 0 Å². The maximum absolute atomic E-state index is 14.5. The molecule has 0 amide bonds. The van der Waals surface area contributed by atoms with Crippen LogP contribution in [-0.4, -0.2) is 31.6 Å². The fourth-order valence-electron chi connectivity index (χ4n) is 5.03. The molecule has 0 aliphatic heterocycles. The molecule has 46 heavy (non-hydrogen) atoms. The van der Waals surface area contributed by atoms with Crippen LogP contribution in [0.25, 0.3) is 0 Å². The first kappa shape index (κ1) is 35.7. The van der Waals surface area contributed by atoms with Crippen molar-refractivity contribution in [3.05, 3.63) is 136 Å². The number of ketones is 1. The molecule has 0 saturated heterocycles. The van der Waals surface area contributed by atoms with Crippen LogP contribution in [0, 0.1) is 5.82 Å². The van der Waals surface area contributed by atoms with E-state index in [0.29, 0.717) is 16.7 Å². The Morgan fingerprint density at radius 1 is 0.630 bits per heavy atom. The number of rotatable bonds is 12. The highest BCUT2D eigenvalue weighted by atomic mass is 32.2. The summed E-state index contributed by atoms with van der Waals surface area (Å²) in [6.07, 6.45) is 1.45. The lowest BCUT2D eigenvalue weighted by Crippen LogP contribution is -2.41. The number of hydrogen-bond donors (Lipinski definition) is 4. The molecule has 7 nitrogen and oxygen atoms in total. The molecule has 0 aliphatic rings. The van der Waals surface area contributed by atoms with Gasteiger partial charge in [0.05, 0.1) is 5.41 Å². The third kappa shape index (κ3) is 7.21. The van der Waals surface area contributed by atoms with E-state index in [1.807, 2.05) is 6.26 Å². The Labute approximate surface area is 264 Å². The lowest BCUT2D eigenvalue weighted by molar-refractivity contribution is 0.0564. The Balaban J connectivity index is 1.89. The summed E-state index contributed by atoms with van der Waals surface area (Å²) in [5.74, 6) is -1.16. The summed E-state index contributed by atoms with van der Waals surface area (Å²) in [6.45, 7) is 0. The van der Waals surface area contributed by atoms with Gasteiger partial charge in [-0.25, -0.2) is 4.39 Å². The van der Waals surface area contributed by atoms with Crippen LogP contribution in [0.1, 0.15) is 38.2 Å². The summed E-state index contributed by atoms with van der Waals surface area (Å²) in [5, 5.41) is 0. The minimum absolute atomic E-state index is 0.0737. The largest absolute Gasteiger partial charge is 0.399 e. The van der Waals surface area contributed by atoms with Gasteiger partial charge in [-0.3, -0.25) is 13.9 Å². The van der Waals surface area contributed by atoms with Crippen LogP contribution >= 0.6 is 27.0 Å². The molecule has 0 unspecified atom stereocenters. The Kier molecular flexibility index (Phi) is 10.2. The zero-order valence-corrected chi connectivity index (χ0v) is 26.5. The van der Waals surface area contributed by atoms with Crippen molar-refractivity contribution < 1.29 is 55.5 Å². The van der Waals surface area contributed by atoms with Gasteiger partial charge in [-0.15, -0.1) is 11.8 Å². The van der Waals surface area contributed by atoms with Crippen LogP contribution in [0.5, 0.6) is 0 Å². The minimum atomic E-state index is -5.86. The van der Waals surface area contributed by atoms with Gasteiger partial charge in [0, 0.05) is 21.6 Å². The van der Waals surface area contributed by atoms with E-state index >= 15 is 0 Å². The molecule has 0 aromatic heterocycles. The van der Waals surface area contributed by atoms with Crippen LogP contribution in [0.2, 0.25) is 0 Å². The van der Waals surface area contributed by atoms with Gasteiger partial charge in [0.25, 0.3) is 0 Å².